The molecule has 0 saturated carbocycles. The fourth-order valence-electron chi connectivity index (χ4n) is 0.163. The first kappa shape index (κ1) is 7.45. The van der Waals surface area contributed by atoms with Crippen molar-refractivity contribution in [3.05, 3.63) is 11.6 Å². The molecule has 0 spiro atoms. The molecule has 0 saturated heterocycles. The normalized spacial score (nSPS) is 12.2. The molecule has 0 heterocycles. The summed E-state index contributed by atoms with van der Waals surface area (Å²) in [6.45, 7) is 0. The molecule has 0 aliphatic carbocycles. The van der Waals surface area contributed by atoms with Crippen molar-refractivity contribution in [2.75, 3.05) is 7.05 Å². The van der Waals surface area contributed by atoms with Gasteiger partial charge in [0.05, 0.1) is 5.41 Å². The first-order chi connectivity index (χ1) is 3.56. The number of hydrogen-bond acceptors (Lipinski definition) is 3. The number of sulfonamides is 1. The van der Waals surface area contributed by atoms with E-state index in [9.17, 15) is 8.42 Å². The molecule has 3 N–H and O–H groups in total. The quantitative estimate of drug-likeness (QED) is 0.509. The molecule has 4 nitrogen and oxygen atoms in total. The van der Waals surface area contributed by atoms with Gasteiger partial charge in [-0.15, -0.1) is 0 Å². The van der Waals surface area contributed by atoms with Gasteiger partial charge in [-0.2, -0.15) is 0 Å². The lowest BCUT2D eigenvalue weighted by Crippen LogP contribution is -2.08. The predicted octanol–water partition coefficient (Wildman–Crippen LogP) is -1.03. The number of rotatable bonds is 2. The maximum Gasteiger partial charge on any atom is 0.232 e. The summed E-state index contributed by atoms with van der Waals surface area (Å²) >= 11 is 0. The van der Waals surface area contributed by atoms with Crippen molar-refractivity contribution in [1.29, 1.82) is 0 Å². The Kier molecular flexibility index (Phi) is 2.50. The fraction of sp³-hybridized carbons (Fsp3) is 0.333. The molecular weight excluding hydrogens is 128 g/mol. The van der Waals surface area contributed by atoms with Crippen LogP contribution >= 0.6 is 0 Å². The SMILES string of the molecule is CN/C=C/S(N)(=O)=O. The molecule has 0 aromatic heterocycles. The molecule has 0 aliphatic heterocycles. The Hall–Kier alpha value is -0.550. The molecule has 0 aliphatic rings. The molecule has 0 aromatic rings. The van der Waals surface area contributed by atoms with Crippen LogP contribution in [-0.2, 0) is 10.0 Å². The van der Waals surface area contributed by atoms with Gasteiger partial charge in [-0.25, -0.2) is 13.6 Å². The van der Waals surface area contributed by atoms with E-state index in [1.54, 1.807) is 7.05 Å². The van der Waals surface area contributed by atoms with Crippen LogP contribution in [0, 0.1) is 0 Å². The maximum atomic E-state index is 10.0. The Morgan fingerprint density at radius 2 is 2.12 bits per heavy atom. The Bertz CT molecular complexity index is 170. The summed E-state index contributed by atoms with van der Waals surface area (Å²) in [6, 6.07) is 0. The summed E-state index contributed by atoms with van der Waals surface area (Å²) in [6.07, 6.45) is 1.25. The molecule has 0 amide bonds. The van der Waals surface area contributed by atoms with Crippen molar-refractivity contribution < 1.29 is 8.42 Å². The molecule has 0 unspecified atom stereocenters. The van der Waals surface area contributed by atoms with Crippen LogP contribution < -0.4 is 10.5 Å². The second-order valence-corrected chi connectivity index (χ2v) is 2.63. The number of nitrogens with one attached hydrogen (secondary N) is 1. The lowest BCUT2D eigenvalue weighted by Gasteiger charge is -1.83. The van der Waals surface area contributed by atoms with Crippen molar-refractivity contribution in [2.24, 2.45) is 5.14 Å². The lowest BCUT2D eigenvalue weighted by molar-refractivity contribution is 0.606. The van der Waals surface area contributed by atoms with E-state index in [1.807, 2.05) is 0 Å². The Morgan fingerprint density at radius 1 is 1.62 bits per heavy atom. The molecule has 0 bridgehead atoms. The molecular formula is C3H8N2O2S. The van der Waals surface area contributed by atoms with Crippen molar-refractivity contribution in [3.63, 3.8) is 0 Å². The first-order valence-electron chi connectivity index (χ1n) is 1.93. The minimum atomic E-state index is -3.43. The maximum absolute atomic E-state index is 10.0. The molecule has 0 atom stereocenters. The van der Waals surface area contributed by atoms with Crippen LogP contribution in [0.2, 0.25) is 0 Å². The molecule has 0 rings (SSSR count). The lowest BCUT2D eigenvalue weighted by atomic mass is 11.0. The van der Waals surface area contributed by atoms with Crippen LogP contribution in [0.4, 0.5) is 0 Å². The third-order valence-corrected chi connectivity index (χ3v) is 0.940. The van der Waals surface area contributed by atoms with Gasteiger partial charge in [0.15, 0.2) is 0 Å². The standard InChI is InChI=1S/C3H8N2O2S/c1-5-2-3-8(4,6)7/h2-3,5H,1H3,(H2,4,6,7)/b3-2+. The molecule has 48 valence electrons. The monoisotopic (exact) mass is 136 g/mol. The van der Waals surface area contributed by atoms with Gasteiger partial charge in [0.1, 0.15) is 0 Å². The minimum absolute atomic E-state index is 0.882. The van der Waals surface area contributed by atoms with Gasteiger partial charge in [-0.05, 0) is 0 Å². The van der Waals surface area contributed by atoms with Gasteiger partial charge in [-0.3, -0.25) is 0 Å². The first-order valence-corrected chi connectivity index (χ1v) is 3.54. The summed E-state index contributed by atoms with van der Waals surface area (Å²) in [5.41, 5.74) is 0. The minimum Gasteiger partial charge on any atom is -0.393 e. The Balaban J connectivity index is 3.92. The van der Waals surface area contributed by atoms with Crippen molar-refractivity contribution in [2.45, 2.75) is 0 Å². The zero-order valence-electron chi connectivity index (χ0n) is 4.46. The van der Waals surface area contributed by atoms with Gasteiger partial charge in [-0.1, -0.05) is 0 Å². The van der Waals surface area contributed by atoms with Crippen LogP contribution in [0.5, 0.6) is 0 Å². The van der Waals surface area contributed by atoms with Crippen LogP contribution in [0.1, 0.15) is 0 Å². The summed E-state index contributed by atoms with van der Waals surface area (Å²) in [7, 11) is -1.84. The zero-order chi connectivity index (χ0) is 6.62. The summed E-state index contributed by atoms with van der Waals surface area (Å²) in [5.74, 6) is 0. The van der Waals surface area contributed by atoms with E-state index in [0.717, 1.165) is 5.41 Å². The van der Waals surface area contributed by atoms with Crippen molar-refractivity contribution >= 4 is 10.0 Å². The summed E-state index contributed by atoms with van der Waals surface area (Å²) in [5, 5.41) is 7.93. The van der Waals surface area contributed by atoms with E-state index < -0.39 is 10.0 Å². The van der Waals surface area contributed by atoms with E-state index in [1.165, 1.54) is 6.20 Å². The van der Waals surface area contributed by atoms with E-state index in [4.69, 9.17) is 0 Å². The second-order valence-electron chi connectivity index (χ2n) is 1.18. The third kappa shape index (κ3) is 5.45. The van der Waals surface area contributed by atoms with Crippen LogP contribution in [0.15, 0.2) is 11.6 Å². The number of primary sulfonamides is 1. The van der Waals surface area contributed by atoms with Gasteiger partial charge < -0.3 is 5.32 Å². The molecule has 0 radical (unpaired) electrons. The van der Waals surface area contributed by atoms with E-state index in [2.05, 4.69) is 10.5 Å². The van der Waals surface area contributed by atoms with Crippen molar-refractivity contribution in [3.8, 4) is 0 Å². The Labute approximate surface area is 48.4 Å². The van der Waals surface area contributed by atoms with Gasteiger partial charge in [0, 0.05) is 13.2 Å². The summed E-state index contributed by atoms with van der Waals surface area (Å²) in [4.78, 5) is 0. The van der Waals surface area contributed by atoms with E-state index >= 15 is 0 Å². The Morgan fingerprint density at radius 3 is 2.25 bits per heavy atom. The van der Waals surface area contributed by atoms with Gasteiger partial charge >= 0.3 is 0 Å². The van der Waals surface area contributed by atoms with Gasteiger partial charge in [0.25, 0.3) is 0 Å². The smallest absolute Gasteiger partial charge is 0.232 e. The molecule has 8 heavy (non-hydrogen) atoms. The highest BCUT2D eigenvalue weighted by Gasteiger charge is 1.88. The zero-order valence-corrected chi connectivity index (χ0v) is 5.27. The average Bonchev–Trinajstić information content (AvgIpc) is 1.59. The fourth-order valence-corrected chi connectivity index (χ4v) is 0.489. The number of nitrogens with two attached hydrogens (primary N) is 1. The highest BCUT2D eigenvalue weighted by Crippen LogP contribution is 1.74. The van der Waals surface area contributed by atoms with Crippen molar-refractivity contribution in [1.82, 2.24) is 5.32 Å². The third-order valence-electron chi connectivity index (χ3n) is 0.424. The highest BCUT2D eigenvalue weighted by atomic mass is 32.2. The van der Waals surface area contributed by atoms with Crippen LogP contribution in [0.3, 0.4) is 0 Å². The molecule has 0 aromatic carbocycles. The average molecular weight is 136 g/mol. The van der Waals surface area contributed by atoms with Crippen LogP contribution in [-0.4, -0.2) is 15.5 Å². The largest absolute Gasteiger partial charge is 0.393 e. The second kappa shape index (κ2) is 2.68. The topological polar surface area (TPSA) is 72.2 Å². The predicted molar refractivity (Wildman–Crippen MR) is 31.3 cm³/mol. The highest BCUT2D eigenvalue weighted by molar-refractivity contribution is 7.92. The molecule has 5 heteroatoms. The summed E-state index contributed by atoms with van der Waals surface area (Å²) < 4.78 is 20.1. The number of hydrogen-bond donors (Lipinski definition) is 2. The molecule has 0 fully saturated rings. The van der Waals surface area contributed by atoms with E-state index in [0.29, 0.717) is 0 Å². The van der Waals surface area contributed by atoms with Crippen LogP contribution in [0.25, 0.3) is 0 Å². The van der Waals surface area contributed by atoms with E-state index in [-0.39, 0.29) is 0 Å². The van der Waals surface area contributed by atoms with Gasteiger partial charge in [0.2, 0.25) is 10.0 Å².